The molecule has 2 heterocycles. The lowest BCUT2D eigenvalue weighted by Crippen LogP contribution is -2.21. The van der Waals surface area contributed by atoms with Crippen LogP contribution < -0.4 is 10.9 Å². The lowest BCUT2D eigenvalue weighted by Gasteiger charge is -2.07. The molecule has 0 fully saturated rings. The van der Waals surface area contributed by atoms with Gasteiger partial charge >= 0.3 is 0 Å². The zero-order valence-electron chi connectivity index (χ0n) is 7.92. The van der Waals surface area contributed by atoms with E-state index in [4.69, 9.17) is 5.41 Å². The van der Waals surface area contributed by atoms with Gasteiger partial charge in [0.2, 0.25) is 5.62 Å². The molecular formula is C10H9FN4. The molecule has 1 aliphatic rings. The van der Waals surface area contributed by atoms with Crippen molar-refractivity contribution in [2.45, 2.75) is 6.54 Å². The molecule has 4 nitrogen and oxygen atoms in total. The van der Waals surface area contributed by atoms with E-state index in [9.17, 15) is 4.39 Å². The Bertz CT molecular complexity index is 602. The van der Waals surface area contributed by atoms with Crippen molar-refractivity contribution in [2.24, 2.45) is 0 Å². The van der Waals surface area contributed by atoms with Gasteiger partial charge in [0.25, 0.3) is 0 Å². The SMILES string of the molecule is N=c1nc2c(F)cccc2c2n1CCN2. The molecule has 0 atom stereocenters. The number of halogens is 1. The van der Waals surface area contributed by atoms with E-state index < -0.39 is 0 Å². The summed E-state index contributed by atoms with van der Waals surface area (Å²) in [6.45, 7) is 1.48. The number of anilines is 1. The Labute approximate surface area is 84.9 Å². The van der Waals surface area contributed by atoms with Crippen molar-refractivity contribution in [3.8, 4) is 0 Å². The highest BCUT2D eigenvalue weighted by molar-refractivity contribution is 5.89. The number of para-hydroxylation sites is 1. The molecule has 2 N–H and O–H groups in total. The van der Waals surface area contributed by atoms with E-state index in [1.54, 1.807) is 10.6 Å². The van der Waals surface area contributed by atoms with Gasteiger partial charge in [0.15, 0.2) is 0 Å². The molecule has 1 aromatic heterocycles. The second-order valence-corrected chi connectivity index (χ2v) is 3.50. The molecule has 0 spiro atoms. The summed E-state index contributed by atoms with van der Waals surface area (Å²) in [5.74, 6) is 0.419. The third-order valence-corrected chi connectivity index (χ3v) is 2.61. The van der Waals surface area contributed by atoms with Gasteiger partial charge in [-0.3, -0.25) is 9.98 Å². The predicted octanol–water partition coefficient (Wildman–Crippen LogP) is 1.08. The number of hydrogen-bond donors (Lipinski definition) is 2. The number of fused-ring (bicyclic) bond motifs is 3. The highest BCUT2D eigenvalue weighted by Gasteiger charge is 2.15. The van der Waals surface area contributed by atoms with Crippen molar-refractivity contribution in [3.63, 3.8) is 0 Å². The van der Waals surface area contributed by atoms with Crippen LogP contribution in [-0.2, 0) is 6.54 Å². The standard InChI is InChI=1S/C10H9FN4/c11-7-3-1-2-6-8(7)14-10(12)15-5-4-13-9(6)15/h1-3,12-13H,4-5H2. The molecule has 5 heteroatoms. The lowest BCUT2D eigenvalue weighted by molar-refractivity contribution is 0.632. The second kappa shape index (κ2) is 2.79. The molecule has 0 amide bonds. The van der Waals surface area contributed by atoms with Crippen LogP contribution in [0, 0.1) is 11.2 Å². The third kappa shape index (κ3) is 1.06. The van der Waals surface area contributed by atoms with E-state index in [1.165, 1.54) is 6.07 Å². The fourth-order valence-electron chi connectivity index (χ4n) is 1.93. The van der Waals surface area contributed by atoms with Crippen LogP contribution in [0.1, 0.15) is 0 Å². The molecule has 0 saturated carbocycles. The molecule has 15 heavy (non-hydrogen) atoms. The molecule has 0 saturated heterocycles. The summed E-state index contributed by atoms with van der Waals surface area (Å²) in [6.07, 6.45) is 0. The molecule has 1 aromatic carbocycles. The van der Waals surface area contributed by atoms with Crippen molar-refractivity contribution >= 4 is 16.7 Å². The van der Waals surface area contributed by atoms with Gasteiger partial charge < -0.3 is 5.32 Å². The molecule has 0 bridgehead atoms. The third-order valence-electron chi connectivity index (χ3n) is 2.61. The smallest absolute Gasteiger partial charge is 0.224 e. The second-order valence-electron chi connectivity index (χ2n) is 3.50. The Balaban J connectivity index is 2.54. The number of aromatic nitrogens is 2. The first kappa shape index (κ1) is 8.40. The summed E-state index contributed by atoms with van der Waals surface area (Å²) in [5, 5.41) is 11.6. The van der Waals surface area contributed by atoms with E-state index in [-0.39, 0.29) is 17.0 Å². The Hall–Kier alpha value is -1.91. The molecule has 2 aromatic rings. The Morgan fingerprint density at radius 1 is 1.47 bits per heavy atom. The van der Waals surface area contributed by atoms with Gasteiger partial charge in [0.05, 0.1) is 0 Å². The predicted molar refractivity (Wildman–Crippen MR) is 54.0 cm³/mol. The van der Waals surface area contributed by atoms with Crippen molar-refractivity contribution in [2.75, 3.05) is 11.9 Å². The quantitative estimate of drug-likeness (QED) is 0.674. The normalized spacial score (nSPS) is 13.9. The van der Waals surface area contributed by atoms with Crippen LogP contribution >= 0.6 is 0 Å². The number of hydrogen-bond acceptors (Lipinski definition) is 3. The highest BCUT2D eigenvalue weighted by Crippen LogP contribution is 2.24. The number of benzene rings is 1. The van der Waals surface area contributed by atoms with E-state index in [1.807, 2.05) is 6.07 Å². The first-order valence-corrected chi connectivity index (χ1v) is 4.75. The number of rotatable bonds is 0. The van der Waals surface area contributed by atoms with Crippen LogP contribution in [0.2, 0.25) is 0 Å². The number of nitrogens with zero attached hydrogens (tertiary/aromatic N) is 2. The lowest BCUT2D eigenvalue weighted by atomic mass is 10.2. The summed E-state index contributed by atoms with van der Waals surface area (Å²) < 4.78 is 15.2. The van der Waals surface area contributed by atoms with E-state index in [2.05, 4.69) is 10.3 Å². The average Bonchev–Trinajstić information content (AvgIpc) is 2.69. The molecule has 0 radical (unpaired) electrons. The van der Waals surface area contributed by atoms with Crippen LogP contribution in [0.25, 0.3) is 10.9 Å². The van der Waals surface area contributed by atoms with Crippen molar-refractivity contribution in [3.05, 3.63) is 29.6 Å². The maximum Gasteiger partial charge on any atom is 0.224 e. The Morgan fingerprint density at radius 2 is 2.33 bits per heavy atom. The maximum atomic E-state index is 13.5. The Morgan fingerprint density at radius 3 is 3.20 bits per heavy atom. The Kier molecular flexibility index (Phi) is 1.56. The summed E-state index contributed by atoms with van der Waals surface area (Å²) in [5.41, 5.74) is 0.371. The largest absolute Gasteiger partial charge is 0.369 e. The first-order chi connectivity index (χ1) is 7.27. The first-order valence-electron chi connectivity index (χ1n) is 4.75. The summed E-state index contributed by atoms with van der Waals surface area (Å²) in [6, 6.07) is 4.83. The fourth-order valence-corrected chi connectivity index (χ4v) is 1.93. The van der Waals surface area contributed by atoms with Crippen LogP contribution in [0.4, 0.5) is 10.2 Å². The fraction of sp³-hybridized carbons (Fsp3) is 0.200. The van der Waals surface area contributed by atoms with Crippen LogP contribution in [0.3, 0.4) is 0 Å². The zero-order chi connectivity index (χ0) is 10.4. The van der Waals surface area contributed by atoms with Gasteiger partial charge in [-0.2, -0.15) is 0 Å². The van der Waals surface area contributed by atoms with Gasteiger partial charge in [0.1, 0.15) is 17.2 Å². The van der Waals surface area contributed by atoms with Gasteiger partial charge in [-0.15, -0.1) is 0 Å². The van der Waals surface area contributed by atoms with Gasteiger partial charge in [-0.05, 0) is 12.1 Å². The van der Waals surface area contributed by atoms with Crippen molar-refractivity contribution in [1.29, 1.82) is 5.41 Å². The van der Waals surface area contributed by atoms with Crippen LogP contribution in [-0.4, -0.2) is 16.1 Å². The van der Waals surface area contributed by atoms with Crippen molar-refractivity contribution < 1.29 is 4.39 Å². The summed E-state index contributed by atoms with van der Waals surface area (Å²) >= 11 is 0. The van der Waals surface area contributed by atoms with Crippen molar-refractivity contribution in [1.82, 2.24) is 9.55 Å². The zero-order valence-corrected chi connectivity index (χ0v) is 7.92. The van der Waals surface area contributed by atoms with Crippen LogP contribution in [0.15, 0.2) is 18.2 Å². The molecule has 1 aliphatic heterocycles. The molecule has 76 valence electrons. The highest BCUT2D eigenvalue weighted by atomic mass is 19.1. The molecule has 3 rings (SSSR count). The van der Waals surface area contributed by atoms with E-state index >= 15 is 0 Å². The minimum Gasteiger partial charge on any atom is -0.369 e. The van der Waals surface area contributed by atoms with E-state index in [0.717, 1.165) is 17.7 Å². The summed E-state index contributed by atoms with van der Waals surface area (Å²) in [7, 11) is 0. The minimum atomic E-state index is -0.377. The molecule has 0 unspecified atom stereocenters. The van der Waals surface area contributed by atoms with Gasteiger partial charge in [-0.25, -0.2) is 9.37 Å². The minimum absolute atomic E-state index is 0.104. The monoisotopic (exact) mass is 204 g/mol. The van der Waals surface area contributed by atoms with Gasteiger partial charge in [-0.1, -0.05) is 6.07 Å². The molecular weight excluding hydrogens is 195 g/mol. The van der Waals surface area contributed by atoms with Gasteiger partial charge in [0, 0.05) is 18.5 Å². The van der Waals surface area contributed by atoms with Crippen LogP contribution in [0.5, 0.6) is 0 Å². The number of nitrogens with one attached hydrogen (secondary N) is 2. The maximum absolute atomic E-state index is 13.5. The topological polar surface area (TPSA) is 53.7 Å². The molecule has 0 aliphatic carbocycles. The summed E-state index contributed by atoms with van der Waals surface area (Å²) in [4.78, 5) is 3.96. The van der Waals surface area contributed by atoms with E-state index in [0.29, 0.717) is 6.54 Å². The average molecular weight is 204 g/mol.